The number of quaternary nitrogens is 1. The number of ether oxygens (including phenoxy) is 3. The van der Waals surface area contributed by atoms with Gasteiger partial charge in [0.1, 0.15) is 12.6 Å². The highest BCUT2D eigenvalue weighted by Gasteiger charge is 2.25. The highest BCUT2D eigenvalue weighted by Crippen LogP contribution is 2.16. The van der Waals surface area contributed by atoms with Gasteiger partial charge in [-0.25, -0.2) is 0 Å². The van der Waals surface area contributed by atoms with Crippen LogP contribution in [0.2, 0.25) is 0 Å². The van der Waals surface area contributed by atoms with Crippen LogP contribution in [0.4, 0.5) is 0 Å². The molecule has 0 radical (unpaired) electrons. The average Bonchev–Trinajstić information content (AvgIpc) is 3.31. The van der Waals surface area contributed by atoms with Crippen LogP contribution in [0.15, 0.2) is 60.8 Å². The van der Waals surface area contributed by atoms with Crippen LogP contribution in [0.1, 0.15) is 258 Å². The highest BCUT2D eigenvalue weighted by molar-refractivity contribution is 5.70. The Bertz CT molecular complexity index is 1310. The molecule has 400 valence electrons. The third-order valence-electron chi connectivity index (χ3n) is 12.9. The summed E-state index contributed by atoms with van der Waals surface area (Å²) in [5.74, 6) is -1.74. The number of esters is 2. The van der Waals surface area contributed by atoms with Crippen LogP contribution < -0.4 is 5.11 Å². The monoisotopic (exact) mass is 968 g/mol. The fourth-order valence-corrected chi connectivity index (χ4v) is 8.47. The molecule has 0 bridgehead atoms. The van der Waals surface area contributed by atoms with Crippen LogP contribution >= 0.6 is 0 Å². The first-order chi connectivity index (χ1) is 33.6. The van der Waals surface area contributed by atoms with Gasteiger partial charge in [0.2, 0.25) is 0 Å². The minimum Gasteiger partial charge on any atom is -0.544 e. The lowest BCUT2D eigenvalue weighted by molar-refractivity contribution is -0.889. The third-order valence-corrected chi connectivity index (χ3v) is 12.9. The SMILES string of the molecule is CC/C=C/C/C=C/C/C=C/C/C=C/CCCCCCCCCCCCC(=O)OCC(COCCC(C(=O)[O-])[N+](C)(C)C)OC(=O)CCCCCCCCC/C=C/CCCCCCCCCCCCC. The Morgan fingerprint density at radius 2 is 0.812 bits per heavy atom. The minimum absolute atomic E-state index is 0.0375. The van der Waals surface area contributed by atoms with Crippen molar-refractivity contribution in [3.63, 3.8) is 0 Å². The van der Waals surface area contributed by atoms with Crippen LogP contribution in [0.25, 0.3) is 0 Å². The van der Waals surface area contributed by atoms with Crippen LogP contribution in [0.3, 0.4) is 0 Å². The summed E-state index contributed by atoms with van der Waals surface area (Å²) in [7, 11) is 5.42. The molecular formula is C61H109NO7. The van der Waals surface area contributed by atoms with Crippen molar-refractivity contribution >= 4 is 17.9 Å². The molecule has 0 aromatic rings. The number of allylic oxidation sites excluding steroid dienone is 10. The maximum atomic E-state index is 12.8. The number of carboxylic acid groups (broad SMARTS) is 1. The molecule has 0 aliphatic carbocycles. The summed E-state index contributed by atoms with van der Waals surface area (Å²) < 4.78 is 17.3. The molecule has 0 spiro atoms. The summed E-state index contributed by atoms with van der Waals surface area (Å²) in [6.45, 7) is 4.58. The van der Waals surface area contributed by atoms with Gasteiger partial charge in [0.15, 0.2) is 6.10 Å². The molecule has 0 aromatic heterocycles. The smallest absolute Gasteiger partial charge is 0.306 e. The molecular weight excluding hydrogens is 859 g/mol. The molecule has 0 heterocycles. The molecule has 0 aromatic carbocycles. The first-order valence-electron chi connectivity index (χ1n) is 28.8. The fourth-order valence-electron chi connectivity index (χ4n) is 8.47. The van der Waals surface area contributed by atoms with Gasteiger partial charge in [0, 0.05) is 19.3 Å². The number of carboxylic acids is 1. The first-order valence-corrected chi connectivity index (χ1v) is 28.8. The summed E-state index contributed by atoms with van der Waals surface area (Å²) >= 11 is 0. The number of nitrogens with zero attached hydrogens (tertiary/aromatic N) is 1. The fraction of sp³-hybridized carbons (Fsp3) is 0.787. The van der Waals surface area contributed by atoms with Gasteiger partial charge < -0.3 is 28.6 Å². The number of aliphatic carboxylic acids is 1. The van der Waals surface area contributed by atoms with Gasteiger partial charge in [-0.2, -0.15) is 0 Å². The molecule has 8 heteroatoms. The number of carbonyl (C=O) groups is 3. The second-order valence-corrected chi connectivity index (χ2v) is 20.5. The summed E-state index contributed by atoms with van der Waals surface area (Å²) in [6, 6.07) is -0.730. The third kappa shape index (κ3) is 49.8. The Kier molecular flexibility index (Phi) is 49.2. The van der Waals surface area contributed by atoms with E-state index in [-0.39, 0.29) is 42.7 Å². The molecule has 0 aliphatic rings. The molecule has 2 atom stereocenters. The van der Waals surface area contributed by atoms with Crippen LogP contribution in [0, 0.1) is 0 Å². The lowest BCUT2D eigenvalue weighted by Crippen LogP contribution is -2.55. The topological polar surface area (TPSA) is 102 Å². The maximum Gasteiger partial charge on any atom is 0.306 e. The number of unbranched alkanes of at least 4 members (excludes halogenated alkanes) is 28. The quantitative estimate of drug-likeness (QED) is 0.0259. The molecule has 0 aliphatic heterocycles. The first kappa shape index (κ1) is 66.0. The molecule has 2 unspecified atom stereocenters. The summed E-state index contributed by atoms with van der Waals surface area (Å²) in [5.41, 5.74) is 0. The minimum atomic E-state index is -1.12. The van der Waals surface area contributed by atoms with Gasteiger partial charge in [0.25, 0.3) is 0 Å². The summed E-state index contributed by atoms with van der Waals surface area (Å²) in [5, 5.41) is 11.7. The standard InChI is InChI=1S/C61H109NO7/c1-6-8-10-12-14-16-18-20-22-24-26-28-30-32-33-35-37-39-41-43-45-47-49-51-59(63)68-56-57(55-67-54-53-58(61(65)66)62(3,4)5)69-60(64)52-50-48-46-44-42-40-38-36-34-31-29-27-25-23-21-19-17-15-13-11-9-7-2/h8,10,14,16,20,22,26,28,31,34,57-58H,6-7,9,11-13,15,17-19,21,23-25,27,29-30,32-33,35-56H2,1-5H3/b10-8+,16-14+,22-20+,28-26+,34-31+. The largest absolute Gasteiger partial charge is 0.544 e. The van der Waals surface area contributed by atoms with Gasteiger partial charge in [-0.15, -0.1) is 0 Å². The molecule has 0 fully saturated rings. The van der Waals surface area contributed by atoms with Crippen molar-refractivity contribution in [3.05, 3.63) is 60.8 Å². The summed E-state index contributed by atoms with van der Waals surface area (Å²) in [4.78, 5) is 37.2. The van der Waals surface area contributed by atoms with E-state index >= 15 is 0 Å². The van der Waals surface area contributed by atoms with Crippen molar-refractivity contribution in [1.29, 1.82) is 0 Å². The molecule has 8 nitrogen and oxygen atoms in total. The molecule has 0 N–H and O–H groups in total. The zero-order chi connectivity index (χ0) is 50.6. The molecule has 69 heavy (non-hydrogen) atoms. The van der Waals surface area contributed by atoms with Crippen LogP contribution in [-0.4, -0.2) is 75.5 Å². The maximum absolute atomic E-state index is 12.8. The zero-order valence-corrected chi connectivity index (χ0v) is 45.7. The lowest BCUT2D eigenvalue weighted by atomic mass is 10.0. The van der Waals surface area contributed by atoms with E-state index in [0.717, 1.165) is 64.2 Å². The van der Waals surface area contributed by atoms with E-state index in [0.29, 0.717) is 12.8 Å². The zero-order valence-electron chi connectivity index (χ0n) is 45.7. The Labute approximate surface area is 426 Å². The number of hydrogen-bond acceptors (Lipinski definition) is 7. The average molecular weight is 969 g/mol. The molecule has 0 saturated heterocycles. The van der Waals surface area contributed by atoms with Crippen molar-refractivity contribution in [2.24, 2.45) is 0 Å². The van der Waals surface area contributed by atoms with E-state index < -0.39 is 18.1 Å². The van der Waals surface area contributed by atoms with E-state index in [9.17, 15) is 19.5 Å². The highest BCUT2D eigenvalue weighted by atomic mass is 16.6. The van der Waals surface area contributed by atoms with E-state index in [1.807, 2.05) is 21.1 Å². The van der Waals surface area contributed by atoms with E-state index in [1.165, 1.54) is 161 Å². The number of carbonyl (C=O) groups excluding carboxylic acids is 3. The Balaban J connectivity index is 4.18. The van der Waals surface area contributed by atoms with Gasteiger partial charge in [-0.1, -0.05) is 222 Å². The summed E-state index contributed by atoms with van der Waals surface area (Å²) in [6.07, 6.45) is 65.5. The predicted octanol–water partition coefficient (Wildman–Crippen LogP) is 15.9. The number of likely N-dealkylation sites (N-methyl/N-ethyl adjacent to an activating group) is 1. The van der Waals surface area contributed by atoms with E-state index in [1.54, 1.807) is 0 Å². The number of rotatable bonds is 52. The molecule has 0 amide bonds. The van der Waals surface area contributed by atoms with Gasteiger partial charge in [-0.05, 0) is 77.0 Å². The predicted molar refractivity (Wildman–Crippen MR) is 291 cm³/mol. The van der Waals surface area contributed by atoms with E-state index in [4.69, 9.17) is 14.2 Å². The second kappa shape index (κ2) is 51.4. The van der Waals surface area contributed by atoms with Gasteiger partial charge >= 0.3 is 11.9 Å². The lowest BCUT2D eigenvalue weighted by Gasteiger charge is -2.34. The Hall–Kier alpha value is -2.97. The number of hydrogen-bond donors (Lipinski definition) is 0. The van der Waals surface area contributed by atoms with Crippen molar-refractivity contribution < 1.29 is 38.2 Å². The van der Waals surface area contributed by atoms with Gasteiger partial charge in [0.05, 0.1) is 40.3 Å². The van der Waals surface area contributed by atoms with Crippen molar-refractivity contribution in [2.45, 2.75) is 270 Å². The van der Waals surface area contributed by atoms with Crippen molar-refractivity contribution in [2.75, 3.05) is 41.0 Å². The normalized spacial score (nSPS) is 13.2. The Morgan fingerprint density at radius 1 is 0.449 bits per heavy atom. The van der Waals surface area contributed by atoms with Crippen LogP contribution in [0.5, 0.6) is 0 Å². The van der Waals surface area contributed by atoms with E-state index in [2.05, 4.69) is 74.6 Å². The van der Waals surface area contributed by atoms with Crippen molar-refractivity contribution in [1.82, 2.24) is 0 Å². The second-order valence-electron chi connectivity index (χ2n) is 20.5. The Morgan fingerprint density at radius 3 is 1.22 bits per heavy atom. The van der Waals surface area contributed by atoms with Crippen molar-refractivity contribution in [3.8, 4) is 0 Å². The van der Waals surface area contributed by atoms with Gasteiger partial charge in [-0.3, -0.25) is 9.59 Å². The molecule has 0 rings (SSSR count). The van der Waals surface area contributed by atoms with Crippen LogP contribution in [-0.2, 0) is 28.6 Å². The molecule has 0 saturated carbocycles.